The van der Waals surface area contributed by atoms with Crippen LogP contribution in [0.15, 0.2) is 22.7 Å². The first-order valence-electron chi connectivity index (χ1n) is 5.52. The lowest BCUT2D eigenvalue weighted by Crippen LogP contribution is -2.50. The molecule has 3 rings (SSSR count). The molecular formula is C12H13BrN2O. The van der Waals surface area contributed by atoms with E-state index in [1.807, 2.05) is 23.1 Å². The molecule has 0 spiro atoms. The van der Waals surface area contributed by atoms with Gasteiger partial charge in [-0.3, -0.25) is 4.79 Å². The predicted octanol–water partition coefficient (Wildman–Crippen LogP) is 2.46. The summed E-state index contributed by atoms with van der Waals surface area (Å²) in [4.78, 5) is 16.5. The molecule has 0 saturated carbocycles. The number of fused-ring (bicyclic) bond motifs is 2. The van der Waals surface area contributed by atoms with Crippen LogP contribution in [-0.4, -0.2) is 30.6 Å². The highest BCUT2D eigenvalue weighted by atomic mass is 79.9. The summed E-state index contributed by atoms with van der Waals surface area (Å²) in [5, 5.41) is 0. The number of anilines is 1. The van der Waals surface area contributed by atoms with Crippen molar-refractivity contribution in [2.75, 3.05) is 18.5 Å². The third-order valence-corrected chi connectivity index (χ3v) is 3.99. The molecule has 0 bridgehead atoms. The lowest BCUT2D eigenvalue weighted by atomic mass is 10.1. The number of amides is 1. The fourth-order valence-electron chi connectivity index (χ4n) is 2.69. The molecule has 1 amide bonds. The molecule has 2 heterocycles. The Morgan fingerprint density at radius 1 is 1.44 bits per heavy atom. The maximum atomic E-state index is 12.3. The van der Waals surface area contributed by atoms with E-state index in [9.17, 15) is 4.79 Å². The number of carbonyl (C=O) groups is 1. The van der Waals surface area contributed by atoms with Crippen molar-refractivity contribution in [3.63, 3.8) is 0 Å². The topological polar surface area (TPSA) is 23.6 Å². The quantitative estimate of drug-likeness (QED) is 0.729. The van der Waals surface area contributed by atoms with Gasteiger partial charge in [0.1, 0.15) is 6.17 Å². The summed E-state index contributed by atoms with van der Waals surface area (Å²) in [6.45, 7) is 0.889. The van der Waals surface area contributed by atoms with Crippen molar-refractivity contribution in [3.05, 3.63) is 28.2 Å². The maximum absolute atomic E-state index is 12.3. The highest BCUT2D eigenvalue weighted by Gasteiger charge is 2.38. The van der Waals surface area contributed by atoms with Gasteiger partial charge in [-0.1, -0.05) is 15.9 Å². The second-order valence-corrected chi connectivity index (χ2v) is 5.31. The number of hydrogen-bond acceptors (Lipinski definition) is 2. The maximum Gasteiger partial charge on any atom is 0.257 e. The third kappa shape index (κ3) is 1.29. The first-order chi connectivity index (χ1) is 7.68. The van der Waals surface area contributed by atoms with Crippen molar-refractivity contribution in [3.8, 4) is 0 Å². The number of hydrogen-bond donors (Lipinski definition) is 0. The minimum absolute atomic E-state index is 0.178. The summed E-state index contributed by atoms with van der Waals surface area (Å²) < 4.78 is 0.964. The first-order valence-corrected chi connectivity index (χ1v) is 6.31. The molecule has 2 aliphatic rings. The summed E-state index contributed by atoms with van der Waals surface area (Å²) in [7, 11) is 2.07. The van der Waals surface area contributed by atoms with Crippen LogP contribution in [-0.2, 0) is 0 Å². The molecule has 1 fully saturated rings. The van der Waals surface area contributed by atoms with Crippen molar-refractivity contribution in [2.45, 2.75) is 19.0 Å². The van der Waals surface area contributed by atoms with Crippen LogP contribution in [0.25, 0.3) is 0 Å². The smallest absolute Gasteiger partial charge is 0.257 e. The molecule has 84 valence electrons. The summed E-state index contributed by atoms with van der Waals surface area (Å²) in [5.74, 6) is 0.178. The third-order valence-electron chi connectivity index (χ3n) is 3.50. The monoisotopic (exact) mass is 280 g/mol. The molecule has 1 unspecified atom stereocenters. The Morgan fingerprint density at radius 3 is 3.06 bits per heavy atom. The molecule has 1 saturated heterocycles. The normalized spacial score (nSPS) is 23.4. The van der Waals surface area contributed by atoms with Crippen LogP contribution in [0.3, 0.4) is 0 Å². The van der Waals surface area contributed by atoms with Crippen LogP contribution in [0.2, 0.25) is 0 Å². The number of benzene rings is 1. The molecule has 0 radical (unpaired) electrons. The molecule has 0 N–H and O–H groups in total. The standard InChI is InChI=1S/C12H13BrN2O/c1-14-10-5-4-8(13)7-9(10)12(16)15-6-2-3-11(14)15/h4-5,7,11H,2-3,6H2,1H3. The minimum Gasteiger partial charge on any atom is -0.354 e. The van der Waals surface area contributed by atoms with Gasteiger partial charge >= 0.3 is 0 Å². The van der Waals surface area contributed by atoms with E-state index in [2.05, 4.69) is 27.9 Å². The Kier molecular flexibility index (Phi) is 2.21. The molecule has 16 heavy (non-hydrogen) atoms. The second kappa shape index (κ2) is 3.48. The Labute approximate surface area is 103 Å². The summed E-state index contributed by atoms with van der Waals surface area (Å²) in [5.41, 5.74) is 1.87. The molecule has 0 aliphatic carbocycles. The van der Waals surface area contributed by atoms with Crippen molar-refractivity contribution in [1.29, 1.82) is 0 Å². The van der Waals surface area contributed by atoms with E-state index in [0.717, 1.165) is 35.1 Å². The van der Waals surface area contributed by atoms with Crippen LogP contribution in [0.5, 0.6) is 0 Å². The van der Waals surface area contributed by atoms with Gasteiger partial charge in [-0.15, -0.1) is 0 Å². The molecule has 1 atom stereocenters. The highest BCUT2D eigenvalue weighted by molar-refractivity contribution is 9.10. The van der Waals surface area contributed by atoms with Crippen molar-refractivity contribution in [2.24, 2.45) is 0 Å². The summed E-state index contributed by atoms with van der Waals surface area (Å²) in [6, 6.07) is 5.93. The highest BCUT2D eigenvalue weighted by Crippen LogP contribution is 2.35. The van der Waals surface area contributed by atoms with Crippen LogP contribution in [0.1, 0.15) is 23.2 Å². The average Bonchev–Trinajstić information content (AvgIpc) is 2.75. The minimum atomic E-state index is 0.178. The van der Waals surface area contributed by atoms with E-state index in [-0.39, 0.29) is 12.1 Å². The molecule has 1 aromatic carbocycles. The van der Waals surface area contributed by atoms with Crippen LogP contribution in [0, 0.1) is 0 Å². The van der Waals surface area contributed by atoms with Gasteiger partial charge in [0.05, 0.1) is 11.3 Å². The Bertz CT molecular complexity index is 460. The Morgan fingerprint density at radius 2 is 2.25 bits per heavy atom. The van der Waals surface area contributed by atoms with Crippen molar-refractivity contribution < 1.29 is 4.79 Å². The van der Waals surface area contributed by atoms with Gasteiger partial charge in [-0.2, -0.15) is 0 Å². The van der Waals surface area contributed by atoms with Gasteiger partial charge in [0.25, 0.3) is 5.91 Å². The van der Waals surface area contributed by atoms with Gasteiger partial charge < -0.3 is 9.80 Å². The van der Waals surface area contributed by atoms with Gasteiger partial charge in [0.15, 0.2) is 0 Å². The Hall–Kier alpha value is -1.03. The van der Waals surface area contributed by atoms with E-state index >= 15 is 0 Å². The molecule has 1 aromatic rings. The fraction of sp³-hybridized carbons (Fsp3) is 0.417. The summed E-state index contributed by atoms with van der Waals surface area (Å²) in [6.07, 6.45) is 2.45. The number of rotatable bonds is 0. The second-order valence-electron chi connectivity index (χ2n) is 4.39. The zero-order valence-corrected chi connectivity index (χ0v) is 10.7. The van der Waals surface area contributed by atoms with Gasteiger partial charge in [-0.05, 0) is 31.0 Å². The predicted molar refractivity (Wildman–Crippen MR) is 66.6 cm³/mol. The van der Waals surface area contributed by atoms with Crippen LogP contribution in [0.4, 0.5) is 5.69 Å². The molecule has 3 nitrogen and oxygen atoms in total. The largest absolute Gasteiger partial charge is 0.354 e. The zero-order valence-electron chi connectivity index (χ0n) is 9.11. The van der Waals surface area contributed by atoms with Crippen LogP contribution < -0.4 is 4.90 Å². The van der Waals surface area contributed by atoms with E-state index in [4.69, 9.17) is 0 Å². The number of carbonyl (C=O) groups excluding carboxylic acids is 1. The average molecular weight is 281 g/mol. The summed E-state index contributed by atoms with van der Waals surface area (Å²) >= 11 is 3.42. The van der Waals surface area contributed by atoms with Crippen LogP contribution >= 0.6 is 15.9 Å². The molecular weight excluding hydrogens is 268 g/mol. The molecule has 4 heteroatoms. The van der Waals surface area contributed by atoms with Gasteiger partial charge in [-0.25, -0.2) is 0 Å². The molecule has 0 aromatic heterocycles. The lowest BCUT2D eigenvalue weighted by Gasteiger charge is -2.39. The van der Waals surface area contributed by atoms with Gasteiger partial charge in [0, 0.05) is 18.1 Å². The van der Waals surface area contributed by atoms with E-state index < -0.39 is 0 Å². The Balaban J connectivity index is 2.15. The lowest BCUT2D eigenvalue weighted by molar-refractivity contribution is 0.0719. The zero-order chi connectivity index (χ0) is 11.3. The number of nitrogens with zero attached hydrogens (tertiary/aromatic N) is 2. The molecule has 2 aliphatic heterocycles. The van der Waals surface area contributed by atoms with E-state index in [0.29, 0.717) is 0 Å². The first kappa shape index (κ1) is 10.1. The van der Waals surface area contributed by atoms with E-state index in [1.54, 1.807) is 0 Å². The van der Waals surface area contributed by atoms with E-state index in [1.165, 1.54) is 0 Å². The van der Waals surface area contributed by atoms with Crippen molar-refractivity contribution >= 4 is 27.5 Å². The van der Waals surface area contributed by atoms with Gasteiger partial charge in [0.2, 0.25) is 0 Å². The number of halogens is 1. The fourth-order valence-corrected chi connectivity index (χ4v) is 3.05. The SMILES string of the molecule is CN1c2ccc(Br)cc2C(=O)N2CCCC21. The van der Waals surface area contributed by atoms with Crippen molar-refractivity contribution in [1.82, 2.24) is 4.90 Å².